The van der Waals surface area contributed by atoms with Crippen molar-refractivity contribution < 1.29 is 14.7 Å². The van der Waals surface area contributed by atoms with Gasteiger partial charge >= 0.3 is 0 Å². The summed E-state index contributed by atoms with van der Waals surface area (Å²) in [6.45, 7) is 8.07. The first-order valence-electron chi connectivity index (χ1n) is 8.74. The number of benzene rings is 1. The maximum absolute atomic E-state index is 9.08. The first kappa shape index (κ1) is 21.3. The third kappa shape index (κ3) is 5.35. The summed E-state index contributed by atoms with van der Waals surface area (Å²) < 4.78 is 14.6. The Bertz CT molecular complexity index is 977. The molecule has 3 aromatic rings. The molecule has 0 unspecified atom stereocenters. The quantitative estimate of drug-likeness (QED) is 0.129. The van der Waals surface area contributed by atoms with Gasteiger partial charge in [-0.3, -0.25) is 10.7 Å². The van der Waals surface area contributed by atoms with Crippen LogP contribution in [0, 0.1) is 3.57 Å². The first-order valence-corrected chi connectivity index (χ1v) is 13.9. The summed E-state index contributed by atoms with van der Waals surface area (Å²) in [5.41, 5.74) is 3.27. The summed E-state index contributed by atoms with van der Waals surface area (Å²) in [6.07, 6.45) is 1.95. The molecule has 28 heavy (non-hydrogen) atoms. The van der Waals surface area contributed by atoms with Crippen molar-refractivity contribution in [2.75, 3.05) is 12.1 Å². The van der Waals surface area contributed by atoms with E-state index in [-0.39, 0.29) is 5.28 Å². The van der Waals surface area contributed by atoms with E-state index in [4.69, 9.17) is 26.3 Å². The van der Waals surface area contributed by atoms with Crippen LogP contribution in [0.3, 0.4) is 0 Å². The minimum Gasteiger partial charge on any atom is -0.438 e. The number of anilines is 1. The molecule has 2 aromatic heterocycles. The Morgan fingerprint density at radius 1 is 1.29 bits per heavy atom. The normalized spacial score (nSPS) is 11.8. The Balaban J connectivity index is 1.87. The van der Waals surface area contributed by atoms with Crippen LogP contribution in [0.15, 0.2) is 30.5 Å². The summed E-state index contributed by atoms with van der Waals surface area (Å²) >= 11 is 8.37. The Labute approximate surface area is 183 Å². The molecule has 7 nitrogen and oxygen atoms in total. The van der Waals surface area contributed by atoms with E-state index >= 15 is 0 Å². The smallest absolute Gasteiger partial charge is 0.234 e. The lowest BCUT2D eigenvalue weighted by molar-refractivity contribution is 0.0898. The first-order chi connectivity index (χ1) is 13.3. The SMILES string of the molecule is C[Si](C)(C)CCOCn1cc(I)c2c(Oc3cccc(NO)c3)nc(Cl)nc21. The third-order valence-electron chi connectivity index (χ3n) is 4.01. The molecule has 2 heterocycles. The zero-order valence-electron chi connectivity index (χ0n) is 15.9. The number of aromatic nitrogens is 3. The van der Waals surface area contributed by atoms with Crippen LogP contribution in [0.4, 0.5) is 5.69 Å². The van der Waals surface area contributed by atoms with Crippen LogP contribution >= 0.6 is 34.2 Å². The lowest BCUT2D eigenvalue weighted by atomic mass is 10.3. The number of fused-ring (bicyclic) bond motifs is 1. The van der Waals surface area contributed by atoms with E-state index in [1.807, 2.05) is 10.8 Å². The topological polar surface area (TPSA) is 81.4 Å². The van der Waals surface area contributed by atoms with Crippen molar-refractivity contribution >= 4 is 59.0 Å². The number of nitrogens with zero attached hydrogens (tertiary/aromatic N) is 3. The van der Waals surface area contributed by atoms with Gasteiger partial charge in [0, 0.05) is 30.5 Å². The second kappa shape index (κ2) is 8.95. The monoisotopic (exact) mass is 532 g/mol. The summed E-state index contributed by atoms with van der Waals surface area (Å²) in [5.74, 6) is 0.875. The minimum absolute atomic E-state index is 0.0942. The van der Waals surface area contributed by atoms with E-state index in [2.05, 4.69) is 57.7 Å². The summed E-state index contributed by atoms with van der Waals surface area (Å²) in [5, 5.41) is 9.94. The number of hydrogen-bond acceptors (Lipinski definition) is 6. The van der Waals surface area contributed by atoms with Crippen molar-refractivity contribution in [1.82, 2.24) is 14.5 Å². The number of halogens is 2. The van der Waals surface area contributed by atoms with Crippen molar-refractivity contribution in [1.29, 1.82) is 0 Å². The van der Waals surface area contributed by atoms with Gasteiger partial charge in [-0.1, -0.05) is 25.7 Å². The standard InChI is InChI=1S/C18H22ClIN4O3Si/c1-28(2,3)8-7-26-11-24-10-14(20)15-16(24)21-18(19)22-17(15)27-13-6-4-5-12(9-13)23-25/h4-6,9-10,23,25H,7-8,11H2,1-3H3. The average molecular weight is 533 g/mol. The van der Waals surface area contributed by atoms with Gasteiger partial charge in [0.1, 0.15) is 12.5 Å². The van der Waals surface area contributed by atoms with Gasteiger partial charge in [0.25, 0.3) is 0 Å². The molecule has 0 fully saturated rings. The van der Waals surface area contributed by atoms with Crippen LogP contribution in [0.25, 0.3) is 11.0 Å². The molecule has 0 aliphatic rings. The highest BCUT2D eigenvalue weighted by Gasteiger charge is 2.18. The molecule has 150 valence electrons. The van der Waals surface area contributed by atoms with Gasteiger partial charge < -0.3 is 14.0 Å². The Kier molecular flexibility index (Phi) is 6.81. The number of rotatable bonds is 8. The average Bonchev–Trinajstić information content (AvgIpc) is 2.94. The largest absolute Gasteiger partial charge is 0.438 e. The van der Waals surface area contributed by atoms with Crippen LogP contribution in [0.1, 0.15) is 0 Å². The van der Waals surface area contributed by atoms with Crippen molar-refractivity contribution in [2.24, 2.45) is 0 Å². The third-order valence-corrected chi connectivity index (χ3v) is 6.70. The highest BCUT2D eigenvalue weighted by Crippen LogP contribution is 2.34. The van der Waals surface area contributed by atoms with Gasteiger partial charge in [0.15, 0.2) is 5.65 Å². The molecule has 0 bridgehead atoms. The highest BCUT2D eigenvalue weighted by molar-refractivity contribution is 14.1. The summed E-state index contributed by atoms with van der Waals surface area (Å²) in [6, 6.07) is 8.00. The number of nitrogens with one attached hydrogen (secondary N) is 1. The molecule has 0 saturated carbocycles. The molecule has 0 radical (unpaired) electrons. The van der Waals surface area contributed by atoms with Gasteiger partial charge in [-0.2, -0.15) is 9.97 Å². The van der Waals surface area contributed by atoms with Crippen molar-refractivity contribution in [3.63, 3.8) is 0 Å². The van der Waals surface area contributed by atoms with Crippen molar-refractivity contribution in [3.8, 4) is 11.6 Å². The molecule has 0 saturated heterocycles. The molecular weight excluding hydrogens is 511 g/mol. The van der Waals surface area contributed by atoms with E-state index in [0.717, 1.165) is 21.6 Å². The highest BCUT2D eigenvalue weighted by atomic mass is 127. The summed E-state index contributed by atoms with van der Waals surface area (Å²) in [4.78, 5) is 8.62. The van der Waals surface area contributed by atoms with Crippen molar-refractivity contribution in [3.05, 3.63) is 39.3 Å². The lowest BCUT2D eigenvalue weighted by Gasteiger charge is -2.15. The lowest BCUT2D eigenvalue weighted by Crippen LogP contribution is -2.22. The Hall–Kier alpha value is -1.40. The van der Waals surface area contributed by atoms with Gasteiger partial charge in [0.05, 0.1) is 11.1 Å². The molecule has 2 N–H and O–H groups in total. The predicted molar refractivity (Wildman–Crippen MR) is 121 cm³/mol. The van der Waals surface area contributed by atoms with Crippen LogP contribution in [0.2, 0.25) is 31.0 Å². The van der Waals surface area contributed by atoms with Gasteiger partial charge in [-0.15, -0.1) is 0 Å². The fourth-order valence-corrected chi connectivity index (χ4v) is 4.26. The van der Waals surface area contributed by atoms with E-state index in [9.17, 15) is 0 Å². The minimum atomic E-state index is -1.14. The number of hydrogen-bond donors (Lipinski definition) is 2. The van der Waals surface area contributed by atoms with E-state index in [1.54, 1.807) is 24.3 Å². The van der Waals surface area contributed by atoms with Crippen molar-refractivity contribution in [2.45, 2.75) is 32.4 Å². The van der Waals surface area contributed by atoms with Gasteiger partial charge in [0.2, 0.25) is 11.2 Å². The molecule has 0 amide bonds. The summed E-state index contributed by atoms with van der Waals surface area (Å²) in [7, 11) is -1.14. The van der Waals surface area contributed by atoms with Crippen LogP contribution in [-0.2, 0) is 11.5 Å². The molecule has 3 rings (SSSR count). The molecule has 0 spiro atoms. The maximum atomic E-state index is 9.08. The van der Waals surface area contributed by atoms with E-state index in [1.165, 1.54) is 0 Å². The molecule has 0 aliphatic heterocycles. The van der Waals surface area contributed by atoms with Crippen LogP contribution in [0.5, 0.6) is 11.6 Å². The van der Waals surface area contributed by atoms with Crippen LogP contribution < -0.4 is 10.2 Å². The van der Waals surface area contributed by atoms with E-state index < -0.39 is 8.07 Å². The molecule has 0 atom stereocenters. The zero-order valence-corrected chi connectivity index (χ0v) is 19.8. The zero-order chi connectivity index (χ0) is 20.3. The Morgan fingerprint density at radius 3 is 2.79 bits per heavy atom. The second-order valence-corrected chi connectivity index (χ2v) is 14.7. The number of ether oxygens (including phenoxy) is 2. The fourth-order valence-electron chi connectivity index (χ4n) is 2.54. The molecule has 0 aliphatic carbocycles. The Morgan fingerprint density at radius 2 is 2.07 bits per heavy atom. The maximum Gasteiger partial charge on any atom is 0.234 e. The fraction of sp³-hybridized carbons (Fsp3) is 0.333. The predicted octanol–water partition coefficient (Wildman–Crippen LogP) is 5.60. The molecule has 1 aromatic carbocycles. The van der Waals surface area contributed by atoms with E-state index in [0.29, 0.717) is 29.7 Å². The van der Waals surface area contributed by atoms with Gasteiger partial charge in [-0.05, 0) is 52.4 Å². The van der Waals surface area contributed by atoms with Crippen LogP contribution in [-0.4, -0.2) is 34.4 Å². The second-order valence-electron chi connectivity index (χ2n) is 7.53. The molecular formula is C18H22ClIN4O3Si. The van der Waals surface area contributed by atoms with Gasteiger partial charge in [-0.25, -0.2) is 0 Å². The molecule has 10 heteroatoms.